The molecular formula is C23H17FN6O. The second-order valence-electron chi connectivity index (χ2n) is 6.83. The third kappa shape index (κ3) is 3.62. The quantitative estimate of drug-likeness (QED) is 0.448. The normalized spacial score (nSPS) is 10.9. The van der Waals surface area contributed by atoms with Gasteiger partial charge < -0.3 is 14.9 Å². The monoisotopic (exact) mass is 412 g/mol. The van der Waals surface area contributed by atoms with Crippen LogP contribution < -0.4 is 5.32 Å². The van der Waals surface area contributed by atoms with Crippen molar-refractivity contribution < 1.29 is 9.18 Å². The number of hydrogen-bond acceptors (Lipinski definition) is 3. The summed E-state index contributed by atoms with van der Waals surface area (Å²) >= 11 is 0. The van der Waals surface area contributed by atoms with Gasteiger partial charge in [0.2, 0.25) is 0 Å². The highest BCUT2D eigenvalue weighted by Gasteiger charge is 2.20. The summed E-state index contributed by atoms with van der Waals surface area (Å²) in [4.78, 5) is 20.4. The summed E-state index contributed by atoms with van der Waals surface area (Å²) in [5, 5.41) is 7.29. The summed E-state index contributed by atoms with van der Waals surface area (Å²) < 4.78 is 16.8. The molecule has 0 radical (unpaired) electrons. The van der Waals surface area contributed by atoms with Gasteiger partial charge in [-0.2, -0.15) is 5.10 Å². The molecule has 0 aliphatic carbocycles. The predicted molar refractivity (Wildman–Crippen MR) is 115 cm³/mol. The van der Waals surface area contributed by atoms with E-state index in [9.17, 15) is 9.18 Å². The minimum absolute atomic E-state index is 0.303. The van der Waals surface area contributed by atoms with E-state index in [0.29, 0.717) is 22.8 Å². The fraction of sp³-hybridized carbons (Fsp3) is 0. The van der Waals surface area contributed by atoms with Gasteiger partial charge in [0.1, 0.15) is 17.2 Å². The van der Waals surface area contributed by atoms with E-state index in [1.54, 1.807) is 33.8 Å². The van der Waals surface area contributed by atoms with Crippen molar-refractivity contribution in [3.63, 3.8) is 0 Å². The minimum atomic E-state index is -0.339. The second kappa shape index (κ2) is 7.75. The highest BCUT2D eigenvalue weighted by atomic mass is 19.1. The van der Waals surface area contributed by atoms with Gasteiger partial charge in [-0.25, -0.2) is 14.1 Å². The zero-order chi connectivity index (χ0) is 21.2. The number of nitrogens with one attached hydrogen (secondary N) is 2. The number of rotatable bonds is 5. The lowest BCUT2D eigenvalue weighted by atomic mass is 10.2. The number of halogens is 1. The lowest BCUT2D eigenvalue weighted by Crippen LogP contribution is -2.15. The van der Waals surface area contributed by atoms with Crippen LogP contribution >= 0.6 is 0 Å². The van der Waals surface area contributed by atoms with Crippen molar-refractivity contribution in [2.45, 2.75) is 0 Å². The molecule has 0 bridgehead atoms. The Morgan fingerprint density at radius 2 is 1.74 bits per heavy atom. The molecule has 0 saturated carbocycles. The topological polar surface area (TPSA) is 80.5 Å². The van der Waals surface area contributed by atoms with E-state index in [1.165, 1.54) is 18.3 Å². The number of aromatic nitrogens is 5. The maximum absolute atomic E-state index is 13.4. The van der Waals surface area contributed by atoms with Crippen molar-refractivity contribution in [2.24, 2.45) is 0 Å². The smallest absolute Gasteiger partial charge is 0.261 e. The number of carbonyl (C=O) groups is 1. The summed E-state index contributed by atoms with van der Waals surface area (Å²) in [6.07, 6.45) is 8.60. The first-order valence-electron chi connectivity index (χ1n) is 9.57. The Hall–Kier alpha value is -4.46. The van der Waals surface area contributed by atoms with Gasteiger partial charge in [-0.05, 0) is 60.7 Å². The summed E-state index contributed by atoms with van der Waals surface area (Å²) in [5.41, 5.74) is 2.59. The second-order valence-corrected chi connectivity index (χ2v) is 6.83. The zero-order valence-corrected chi connectivity index (χ0v) is 16.2. The number of hydrogen-bond donors (Lipinski definition) is 2. The number of nitrogens with zero attached hydrogens (tertiary/aromatic N) is 4. The van der Waals surface area contributed by atoms with E-state index < -0.39 is 0 Å². The number of benzene rings is 2. The molecule has 0 aliphatic rings. The van der Waals surface area contributed by atoms with Gasteiger partial charge in [0.05, 0.1) is 11.9 Å². The molecule has 3 heterocycles. The van der Waals surface area contributed by atoms with E-state index >= 15 is 0 Å². The first kappa shape index (κ1) is 18.6. The molecule has 152 valence electrons. The van der Waals surface area contributed by atoms with Crippen molar-refractivity contribution in [1.82, 2.24) is 24.3 Å². The number of H-pyrrole nitrogens is 1. The minimum Gasteiger partial charge on any atom is -0.345 e. The molecule has 0 atom stereocenters. The number of imidazole rings is 1. The number of aromatic amines is 1. The molecule has 5 aromatic rings. The molecule has 2 N–H and O–H groups in total. The fourth-order valence-corrected chi connectivity index (χ4v) is 3.33. The summed E-state index contributed by atoms with van der Waals surface area (Å²) in [5.74, 6) is 0.673. The van der Waals surface area contributed by atoms with Gasteiger partial charge in [-0.3, -0.25) is 4.79 Å². The third-order valence-corrected chi connectivity index (χ3v) is 4.82. The van der Waals surface area contributed by atoms with Crippen LogP contribution in [0.25, 0.3) is 22.9 Å². The Balaban J connectivity index is 1.47. The van der Waals surface area contributed by atoms with Crippen molar-refractivity contribution in [1.29, 1.82) is 0 Å². The molecule has 0 saturated heterocycles. The van der Waals surface area contributed by atoms with Gasteiger partial charge >= 0.3 is 0 Å². The number of carbonyl (C=O) groups excluding carboxylic acids is 1. The highest BCUT2D eigenvalue weighted by Crippen LogP contribution is 2.22. The lowest BCUT2D eigenvalue weighted by molar-refractivity contribution is 0.102. The van der Waals surface area contributed by atoms with Crippen LogP contribution in [0.15, 0.2) is 91.6 Å². The summed E-state index contributed by atoms with van der Waals surface area (Å²) in [6, 6.07) is 17.0. The standard InChI is InChI=1S/C23H17FN6O/c24-17-5-9-19(10-6-17)30-23(29-13-1-2-14-29)20(15-27-30)22(31)28-18-7-3-16(4-8-18)21-25-11-12-26-21/h1-15H,(H,25,26)(H,28,31). The highest BCUT2D eigenvalue weighted by molar-refractivity contribution is 6.06. The molecule has 0 fully saturated rings. The Labute approximate surface area is 176 Å². The van der Waals surface area contributed by atoms with Crippen LogP contribution in [0.3, 0.4) is 0 Å². The Morgan fingerprint density at radius 1 is 1.00 bits per heavy atom. The molecule has 3 aromatic heterocycles. The summed E-state index contributed by atoms with van der Waals surface area (Å²) in [7, 11) is 0. The van der Waals surface area contributed by atoms with Crippen LogP contribution in [-0.4, -0.2) is 30.2 Å². The van der Waals surface area contributed by atoms with Gasteiger partial charge in [-0.15, -0.1) is 0 Å². The molecular weight excluding hydrogens is 395 g/mol. The van der Waals surface area contributed by atoms with E-state index in [4.69, 9.17) is 0 Å². The molecule has 1 amide bonds. The van der Waals surface area contributed by atoms with Crippen LogP contribution in [0.4, 0.5) is 10.1 Å². The van der Waals surface area contributed by atoms with E-state index in [-0.39, 0.29) is 11.7 Å². The molecule has 0 spiro atoms. The maximum Gasteiger partial charge on any atom is 0.261 e. The molecule has 31 heavy (non-hydrogen) atoms. The zero-order valence-electron chi connectivity index (χ0n) is 16.2. The average molecular weight is 412 g/mol. The van der Waals surface area contributed by atoms with Crippen molar-refractivity contribution in [2.75, 3.05) is 5.32 Å². The van der Waals surface area contributed by atoms with Crippen molar-refractivity contribution in [3.05, 3.63) is 103 Å². The molecule has 0 unspecified atom stereocenters. The van der Waals surface area contributed by atoms with Crippen molar-refractivity contribution >= 4 is 11.6 Å². The van der Waals surface area contributed by atoms with Gasteiger partial charge in [0.15, 0.2) is 5.82 Å². The SMILES string of the molecule is O=C(Nc1ccc(-c2ncc[nH]2)cc1)c1cnn(-c2ccc(F)cc2)c1-n1cccc1. The van der Waals surface area contributed by atoms with E-state index in [0.717, 1.165) is 11.4 Å². The molecule has 8 heteroatoms. The van der Waals surface area contributed by atoms with Crippen LogP contribution in [-0.2, 0) is 0 Å². The molecule has 5 rings (SSSR count). The number of anilines is 1. The third-order valence-electron chi connectivity index (χ3n) is 4.82. The first-order chi connectivity index (χ1) is 15.2. The molecule has 2 aromatic carbocycles. The van der Waals surface area contributed by atoms with Gasteiger partial charge in [-0.1, -0.05) is 0 Å². The fourth-order valence-electron chi connectivity index (χ4n) is 3.33. The van der Waals surface area contributed by atoms with Gasteiger partial charge in [0, 0.05) is 36.0 Å². The predicted octanol–water partition coefficient (Wildman–Crippen LogP) is 4.44. The first-order valence-corrected chi connectivity index (χ1v) is 9.57. The lowest BCUT2D eigenvalue weighted by Gasteiger charge is -2.11. The Morgan fingerprint density at radius 3 is 2.42 bits per heavy atom. The van der Waals surface area contributed by atoms with E-state index in [1.807, 2.05) is 48.8 Å². The Kier molecular flexibility index (Phi) is 4.64. The van der Waals surface area contributed by atoms with Gasteiger partial charge in [0.25, 0.3) is 5.91 Å². The van der Waals surface area contributed by atoms with Crippen LogP contribution in [0.2, 0.25) is 0 Å². The van der Waals surface area contributed by atoms with E-state index in [2.05, 4.69) is 20.4 Å². The van der Waals surface area contributed by atoms with Crippen LogP contribution in [0.1, 0.15) is 10.4 Å². The number of amides is 1. The van der Waals surface area contributed by atoms with Crippen LogP contribution in [0, 0.1) is 5.82 Å². The van der Waals surface area contributed by atoms with Crippen molar-refractivity contribution in [3.8, 4) is 22.9 Å². The molecule has 0 aliphatic heterocycles. The summed E-state index contributed by atoms with van der Waals surface area (Å²) in [6.45, 7) is 0. The largest absolute Gasteiger partial charge is 0.345 e. The van der Waals surface area contributed by atoms with Crippen LogP contribution in [0.5, 0.6) is 0 Å². The Bertz CT molecular complexity index is 1300. The maximum atomic E-state index is 13.4. The average Bonchev–Trinajstić information content (AvgIpc) is 3.56. The molecule has 7 nitrogen and oxygen atoms in total.